The van der Waals surface area contributed by atoms with Crippen LogP contribution in [-0.4, -0.2) is 43.5 Å². The molecule has 1 saturated heterocycles. The molecule has 0 aromatic heterocycles. The summed E-state index contributed by atoms with van der Waals surface area (Å²) >= 11 is 0. The lowest BCUT2D eigenvalue weighted by Crippen LogP contribution is -2.51. The number of rotatable bonds is 3. The van der Waals surface area contributed by atoms with Crippen molar-refractivity contribution in [1.29, 1.82) is 0 Å². The van der Waals surface area contributed by atoms with Crippen molar-refractivity contribution in [2.45, 2.75) is 45.1 Å². The molecule has 1 fully saturated rings. The zero-order valence-electron chi connectivity index (χ0n) is 13.4. The highest BCUT2D eigenvalue weighted by molar-refractivity contribution is 5.67. The number of fused-ring (bicyclic) bond motifs is 1. The van der Waals surface area contributed by atoms with E-state index in [4.69, 9.17) is 14.2 Å². The summed E-state index contributed by atoms with van der Waals surface area (Å²) in [4.78, 5) is 24.8. The van der Waals surface area contributed by atoms with Gasteiger partial charge in [0.15, 0.2) is 6.10 Å². The van der Waals surface area contributed by atoms with Gasteiger partial charge in [0.1, 0.15) is 12.3 Å². The van der Waals surface area contributed by atoms with Crippen molar-refractivity contribution >= 4 is 17.6 Å². The predicted octanol–water partition coefficient (Wildman–Crippen LogP) is 1.66. The molecule has 0 N–H and O–H groups in total. The third kappa shape index (κ3) is 3.47. The first-order valence-corrected chi connectivity index (χ1v) is 7.85. The molecular weight excluding hydrogens is 298 g/mol. The summed E-state index contributed by atoms with van der Waals surface area (Å²) in [6.07, 6.45) is 0.233. The molecule has 2 aliphatic heterocycles. The minimum Gasteiger partial charge on any atom is -0.458 e. The van der Waals surface area contributed by atoms with Crippen LogP contribution in [-0.2, 0) is 30.2 Å². The summed E-state index contributed by atoms with van der Waals surface area (Å²) in [6, 6.07) is 8.22. The number of esters is 2. The van der Waals surface area contributed by atoms with E-state index in [1.54, 1.807) is 0 Å². The quantitative estimate of drug-likeness (QED) is 0.790. The Bertz CT molecular complexity index is 602. The minimum absolute atomic E-state index is 0.185. The maximum atomic E-state index is 11.4. The Morgan fingerprint density at radius 3 is 2.57 bits per heavy atom. The lowest BCUT2D eigenvalue weighted by molar-refractivity contribution is -0.187. The van der Waals surface area contributed by atoms with Crippen LogP contribution in [0.15, 0.2) is 24.3 Å². The van der Waals surface area contributed by atoms with Crippen molar-refractivity contribution in [2.24, 2.45) is 0 Å². The van der Waals surface area contributed by atoms with Crippen LogP contribution in [0.25, 0.3) is 0 Å². The van der Waals surface area contributed by atoms with Gasteiger partial charge in [0.05, 0.1) is 6.61 Å². The molecule has 23 heavy (non-hydrogen) atoms. The molecule has 0 amide bonds. The summed E-state index contributed by atoms with van der Waals surface area (Å²) in [5.74, 6) is -0.782. The number of carbonyl (C=O) groups is 2. The normalized spacial score (nSPS) is 26.5. The number of para-hydroxylation sites is 1. The summed E-state index contributed by atoms with van der Waals surface area (Å²) < 4.78 is 16.5. The molecule has 0 saturated carbocycles. The largest absolute Gasteiger partial charge is 0.458 e. The molecule has 6 heteroatoms. The van der Waals surface area contributed by atoms with Gasteiger partial charge in [0, 0.05) is 32.5 Å². The van der Waals surface area contributed by atoms with Crippen LogP contribution >= 0.6 is 0 Å². The SMILES string of the molecule is CC(=O)OC1COC(N2CCc3ccccc32)CC1OC(C)=O. The van der Waals surface area contributed by atoms with Gasteiger partial charge >= 0.3 is 11.9 Å². The van der Waals surface area contributed by atoms with Crippen LogP contribution in [0.2, 0.25) is 0 Å². The Balaban J connectivity index is 1.73. The average Bonchev–Trinajstić information content (AvgIpc) is 2.92. The minimum atomic E-state index is -0.550. The lowest BCUT2D eigenvalue weighted by atomic mass is 10.1. The zero-order valence-corrected chi connectivity index (χ0v) is 13.4. The van der Waals surface area contributed by atoms with Gasteiger partial charge in [-0.05, 0) is 18.1 Å². The second-order valence-corrected chi connectivity index (χ2v) is 5.89. The molecule has 2 heterocycles. The van der Waals surface area contributed by atoms with Gasteiger partial charge in [-0.1, -0.05) is 18.2 Å². The zero-order chi connectivity index (χ0) is 16.4. The van der Waals surface area contributed by atoms with Crippen LogP contribution < -0.4 is 4.90 Å². The highest BCUT2D eigenvalue weighted by Gasteiger charge is 2.39. The lowest BCUT2D eigenvalue weighted by Gasteiger charge is -2.39. The van der Waals surface area contributed by atoms with Gasteiger partial charge in [0.2, 0.25) is 0 Å². The molecule has 3 unspecified atom stereocenters. The highest BCUT2D eigenvalue weighted by Crippen LogP contribution is 2.33. The summed E-state index contributed by atoms with van der Waals surface area (Å²) in [5.41, 5.74) is 2.45. The first-order chi connectivity index (χ1) is 11.0. The van der Waals surface area contributed by atoms with E-state index in [2.05, 4.69) is 17.0 Å². The summed E-state index contributed by atoms with van der Waals surface area (Å²) in [6.45, 7) is 3.80. The average molecular weight is 319 g/mol. The molecule has 3 atom stereocenters. The van der Waals surface area contributed by atoms with Crippen molar-refractivity contribution in [2.75, 3.05) is 18.1 Å². The summed E-state index contributed by atoms with van der Waals surface area (Å²) in [7, 11) is 0. The van der Waals surface area contributed by atoms with Crippen LogP contribution in [0, 0.1) is 0 Å². The number of anilines is 1. The van der Waals surface area contributed by atoms with E-state index in [1.165, 1.54) is 19.4 Å². The maximum absolute atomic E-state index is 11.4. The van der Waals surface area contributed by atoms with E-state index in [-0.39, 0.29) is 18.8 Å². The Morgan fingerprint density at radius 1 is 1.13 bits per heavy atom. The van der Waals surface area contributed by atoms with E-state index in [0.717, 1.165) is 18.7 Å². The molecule has 0 aliphatic carbocycles. The second-order valence-electron chi connectivity index (χ2n) is 5.89. The second kappa shape index (κ2) is 6.58. The molecule has 1 aromatic carbocycles. The Labute approximate surface area is 135 Å². The first kappa shape index (κ1) is 15.8. The molecule has 6 nitrogen and oxygen atoms in total. The number of nitrogens with zero attached hydrogens (tertiary/aromatic N) is 1. The van der Waals surface area contributed by atoms with Gasteiger partial charge < -0.3 is 19.1 Å². The van der Waals surface area contributed by atoms with Crippen LogP contribution in [0.4, 0.5) is 5.69 Å². The fraction of sp³-hybridized carbons (Fsp3) is 0.529. The van der Waals surface area contributed by atoms with Crippen molar-refractivity contribution in [3.63, 3.8) is 0 Å². The standard InChI is InChI=1S/C17H21NO5/c1-11(19)22-15-9-17(21-10-16(15)23-12(2)20)18-8-7-13-5-3-4-6-14(13)18/h3-6,15-17H,7-10H2,1-2H3. The molecule has 1 aromatic rings. The predicted molar refractivity (Wildman–Crippen MR) is 83.0 cm³/mol. The number of ether oxygens (including phenoxy) is 3. The maximum Gasteiger partial charge on any atom is 0.303 e. The first-order valence-electron chi connectivity index (χ1n) is 7.85. The van der Waals surface area contributed by atoms with Crippen molar-refractivity contribution < 1.29 is 23.8 Å². The molecule has 3 rings (SSSR count). The molecule has 0 radical (unpaired) electrons. The molecule has 124 valence electrons. The fourth-order valence-electron chi connectivity index (χ4n) is 3.27. The van der Waals surface area contributed by atoms with Gasteiger partial charge in [-0.25, -0.2) is 0 Å². The van der Waals surface area contributed by atoms with E-state index in [0.29, 0.717) is 6.42 Å². The monoisotopic (exact) mass is 319 g/mol. The van der Waals surface area contributed by atoms with Crippen LogP contribution in [0.3, 0.4) is 0 Å². The van der Waals surface area contributed by atoms with Gasteiger partial charge in [-0.2, -0.15) is 0 Å². The molecule has 0 bridgehead atoms. The third-order valence-electron chi connectivity index (χ3n) is 4.21. The summed E-state index contributed by atoms with van der Waals surface area (Å²) in [5, 5.41) is 0. The van der Waals surface area contributed by atoms with Crippen LogP contribution in [0.1, 0.15) is 25.8 Å². The van der Waals surface area contributed by atoms with E-state index >= 15 is 0 Å². The number of hydrogen-bond acceptors (Lipinski definition) is 6. The topological polar surface area (TPSA) is 65.1 Å². The molecule has 2 aliphatic rings. The molecular formula is C17H21NO5. The molecule has 0 spiro atoms. The fourth-order valence-corrected chi connectivity index (χ4v) is 3.27. The van der Waals surface area contributed by atoms with E-state index < -0.39 is 18.2 Å². The number of hydrogen-bond donors (Lipinski definition) is 0. The van der Waals surface area contributed by atoms with E-state index in [9.17, 15) is 9.59 Å². The Hall–Kier alpha value is -2.08. The van der Waals surface area contributed by atoms with Gasteiger partial charge in [0.25, 0.3) is 0 Å². The van der Waals surface area contributed by atoms with Gasteiger partial charge in [-0.3, -0.25) is 9.59 Å². The van der Waals surface area contributed by atoms with Crippen molar-refractivity contribution in [1.82, 2.24) is 0 Å². The Morgan fingerprint density at radius 2 is 1.83 bits per heavy atom. The van der Waals surface area contributed by atoms with Crippen LogP contribution in [0.5, 0.6) is 0 Å². The highest BCUT2D eigenvalue weighted by atomic mass is 16.6. The smallest absolute Gasteiger partial charge is 0.303 e. The number of carbonyl (C=O) groups excluding carboxylic acids is 2. The van der Waals surface area contributed by atoms with Crippen molar-refractivity contribution in [3.05, 3.63) is 29.8 Å². The third-order valence-corrected chi connectivity index (χ3v) is 4.21. The van der Waals surface area contributed by atoms with Crippen molar-refractivity contribution in [3.8, 4) is 0 Å². The number of benzene rings is 1. The van der Waals surface area contributed by atoms with Gasteiger partial charge in [-0.15, -0.1) is 0 Å². The van der Waals surface area contributed by atoms with E-state index in [1.807, 2.05) is 12.1 Å². The Kier molecular flexibility index (Phi) is 4.52.